The Bertz CT molecular complexity index is 448. The molecule has 1 aromatic carbocycles. The molecule has 0 spiro atoms. The number of rotatable bonds is 6. The summed E-state index contributed by atoms with van der Waals surface area (Å²) in [5, 5.41) is 0.0992. The van der Waals surface area contributed by atoms with Crippen LogP contribution in [-0.2, 0) is 13.6 Å². The molecule has 0 saturated carbocycles. The molecular formula is C11H16ClFNO3P. The molecule has 4 nitrogen and oxygen atoms in total. The van der Waals surface area contributed by atoms with Gasteiger partial charge in [-0.15, -0.1) is 0 Å². The van der Waals surface area contributed by atoms with E-state index < -0.39 is 19.2 Å². The summed E-state index contributed by atoms with van der Waals surface area (Å²) < 4.78 is 35.6. The van der Waals surface area contributed by atoms with E-state index in [0.29, 0.717) is 5.56 Å². The molecule has 7 heteroatoms. The Kier molecular flexibility index (Phi) is 5.76. The molecule has 0 aliphatic carbocycles. The lowest BCUT2D eigenvalue weighted by atomic mass is 10.2. The van der Waals surface area contributed by atoms with Crippen LogP contribution in [0.4, 0.5) is 4.39 Å². The molecule has 0 aromatic heterocycles. The highest BCUT2D eigenvalue weighted by molar-refractivity contribution is 7.54. The van der Waals surface area contributed by atoms with Gasteiger partial charge >= 0.3 is 7.60 Å². The zero-order valence-corrected chi connectivity index (χ0v) is 11.9. The number of hydrogen-bond acceptors (Lipinski definition) is 4. The summed E-state index contributed by atoms with van der Waals surface area (Å²) in [6.45, 7) is 3.77. The lowest BCUT2D eigenvalue weighted by Crippen LogP contribution is -2.15. The van der Waals surface area contributed by atoms with E-state index in [1.54, 1.807) is 13.8 Å². The van der Waals surface area contributed by atoms with E-state index in [9.17, 15) is 8.96 Å². The molecule has 1 rings (SSSR count). The normalized spacial score (nSPS) is 13.6. The van der Waals surface area contributed by atoms with E-state index in [-0.39, 0.29) is 18.2 Å². The van der Waals surface area contributed by atoms with Crippen LogP contribution in [0.1, 0.15) is 25.2 Å². The largest absolute Gasteiger partial charge is 0.351 e. The predicted molar refractivity (Wildman–Crippen MR) is 69.2 cm³/mol. The molecule has 18 heavy (non-hydrogen) atoms. The van der Waals surface area contributed by atoms with Gasteiger partial charge in [0.1, 0.15) is 11.6 Å². The first kappa shape index (κ1) is 15.6. The Morgan fingerprint density at radius 1 is 1.39 bits per heavy atom. The van der Waals surface area contributed by atoms with Gasteiger partial charge in [-0.2, -0.15) is 0 Å². The third-order valence-electron chi connectivity index (χ3n) is 2.24. The van der Waals surface area contributed by atoms with E-state index >= 15 is 0 Å². The van der Waals surface area contributed by atoms with Crippen LogP contribution >= 0.6 is 19.2 Å². The van der Waals surface area contributed by atoms with Gasteiger partial charge in [-0.25, -0.2) is 4.39 Å². The van der Waals surface area contributed by atoms with Gasteiger partial charge in [-0.1, -0.05) is 17.7 Å². The molecule has 2 N–H and O–H groups in total. The van der Waals surface area contributed by atoms with Crippen molar-refractivity contribution in [1.82, 2.24) is 0 Å². The van der Waals surface area contributed by atoms with Crippen molar-refractivity contribution in [3.8, 4) is 0 Å². The maximum atomic E-state index is 12.9. The van der Waals surface area contributed by atoms with Crippen molar-refractivity contribution < 1.29 is 18.0 Å². The van der Waals surface area contributed by atoms with Gasteiger partial charge in [0, 0.05) is 5.02 Å². The van der Waals surface area contributed by atoms with Crippen LogP contribution in [0.5, 0.6) is 0 Å². The lowest BCUT2D eigenvalue weighted by Gasteiger charge is -2.24. The Morgan fingerprint density at radius 3 is 2.39 bits per heavy atom. The van der Waals surface area contributed by atoms with E-state index in [2.05, 4.69) is 0 Å². The molecule has 0 heterocycles. The second-order valence-electron chi connectivity index (χ2n) is 3.49. The summed E-state index contributed by atoms with van der Waals surface area (Å²) in [6, 6.07) is 3.69. The summed E-state index contributed by atoms with van der Waals surface area (Å²) in [4.78, 5) is 0. The second-order valence-corrected chi connectivity index (χ2v) is 6.05. The fourth-order valence-electron chi connectivity index (χ4n) is 1.47. The Labute approximate surface area is 111 Å². The van der Waals surface area contributed by atoms with Crippen LogP contribution in [0.15, 0.2) is 18.2 Å². The molecule has 0 saturated heterocycles. The zero-order chi connectivity index (χ0) is 13.8. The maximum absolute atomic E-state index is 12.9. The van der Waals surface area contributed by atoms with E-state index in [4.69, 9.17) is 26.4 Å². The fourth-order valence-corrected chi connectivity index (χ4v) is 3.51. The predicted octanol–water partition coefficient (Wildman–Crippen LogP) is 3.70. The van der Waals surface area contributed by atoms with Crippen molar-refractivity contribution in [3.05, 3.63) is 34.6 Å². The number of hydrogen-bond donors (Lipinski definition) is 1. The highest BCUT2D eigenvalue weighted by Gasteiger charge is 2.35. The van der Waals surface area contributed by atoms with Gasteiger partial charge in [0.25, 0.3) is 0 Å². The Balaban J connectivity index is 3.09. The number of benzene rings is 1. The molecule has 1 aromatic rings. The quantitative estimate of drug-likeness (QED) is 0.813. The van der Waals surface area contributed by atoms with Crippen LogP contribution in [0, 0.1) is 5.82 Å². The SMILES string of the molecule is CCOP(=O)(OCC)[C@H](N)c1ccc(F)cc1Cl. The molecule has 0 aliphatic heterocycles. The van der Waals surface area contributed by atoms with Gasteiger partial charge < -0.3 is 14.8 Å². The van der Waals surface area contributed by atoms with Crippen LogP contribution < -0.4 is 5.73 Å². The summed E-state index contributed by atoms with van der Waals surface area (Å²) >= 11 is 5.88. The molecule has 0 unspecified atom stereocenters. The van der Waals surface area contributed by atoms with Crippen LogP contribution in [-0.4, -0.2) is 13.2 Å². The van der Waals surface area contributed by atoms with Gasteiger partial charge in [0.15, 0.2) is 0 Å². The topological polar surface area (TPSA) is 61.5 Å². The standard InChI is InChI=1S/C11H16ClFNO3P/c1-3-16-18(15,17-4-2)11(14)9-6-5-8(13)7-10(9)12/h5-7,11H,3-4,14H2,1-2H3/t11-/m0/s1. The van der Waals surface area contributed by atoms with Crippen molar-refractivity contribution in [2.75, 3.05) is 13.2 Å². The van der Waals surface area contributed by atoms with E-state index in [0.717, 1.165) is 6.07 Å². The first-order valence-electron chi connectivity index (χ1n) is 5.54. The van der Waals surface area contributed by atoms with Crippen LogP contribution in [0.2, 0.25) is 5.02 Å². The van der Waals surface area contributed by atoms with E-state index in [1.165, 1.54) is 12.1 Å². The van der Waals surface area contributed by atoms with Crippen molar-refractivity contribution in [3.63, 3.8) is 0 Å². The highest BCUT2D eigenvalue weighted by Crippen LogP contribution is 2.59. The minimum Gasteiger partial charge on any atom is -0.314 e. The first-order chi connectivity index (χ1) is 8.44. The van der Waals surface area contributed by atoms with Gasteiger partial charge in [-0.3, -0.25) is 4.57 Å². The zero-order valence-electron chi connectivity index (χ0n) is 10.2. The number of nitrogens with two attached hydrogens (primary N) is 1. The fraction of sp³-hybridized carbons (Fsp3) is 0.455. The Hall–Kier alpha value is -0.450. The van der Waals surface area contributed by atoms with Gasteiger partial charge in [0.2, 0.25) is 0 Å². The summed E-state index contributed by atoms with van der Waals surface area (Å²) in [7, 11) is -3.50. The smallest absolute Gasteiger partial charge is 0.314 e. The molecule has 0 radical (unpaired) electrons. The third kappa shape index (κ3) is 3.53. The minimum atomic E-state index is -3.50. The molecule has 0 fully saturated rings. The molecule has 0 bridgehead atoms. The van der Waals surface area contributed by atoms with Crippen LogP contribution in [0.3, 0.4) is 0 Å². The van der Waals surface area contributed by atoms with Gasteiger partial charge in [0.05, 0.1) is 13.2 Å². The molecule has 0 amide bonds. The Morgan fingerprint density at radius 2 is 1.94 bits per heavy atom. The molecular weight excluding hydrogens is 280 g/mol. The lowest BCUT2D eigenvalue weighted by molar-refractivity contribution is 0.212. The maximum Gasteiger partial charge on any atom is 0.351 e. The van der Waals surface area contributed by atoms with Crippen molar-refractivity contribution in [2.45, 2.75) is 19.6 Å². The minimum absolute atomic E-state index is 0.0992. The van der Waals surface area contributed by atoms with E-state index in [1.807, 2.05) is 0 Å². The number of halogens is 2. The van der Waals surface area contributed by atoms with Crippen molar-refractivity contribution >= 4 is 19.2 Å². The van der Waals surface area contributed by atoms with Crippen LogP contribution in [0.25, 0.3) is 0 Å². The molecule has 0 aliphatic rings. The average Bonchev–Trinajstić information content (AvgIpc) is 2.29. The molecule has 1 atom stereocenters. The first-order valence-corrected chi connectivity index (χ1v) is 7.53. The third-order valence-corrected chi connectivity index (χ3v) is 4.76. The molecule has 102 valence electrons. The second kappa shape index (κ2) is 6.64. The van der Waals surface area contributed by atoms with Crippen molar-refractivity contribution in [2.24, 2.45) is 5.73 Å². The van der Waals surface area contributed by atoms with Gasteiger partial charge in [-0.05, 0) is 31.5 Å². The average molecular weight is 296 g/mol. The highest BCUT2D eigenvalue weighted by atomic mass is 35.5. The summed E-state index contributed by atoms with van der Waals surface area (Å²) in [5.74, 6) is -1.52. The monoisotopic (exact) mass is 295 g/mol. The summed E-state index contributed by atoms with van der Waals surface area (Å²) in [5.41, 5.74) is 6.21. The summed E-state index contributed by atoms with van der Waals surface area (Å²) in [6.07, 6.45) is 0. The van der Waals surface area contributed by atoms with Crippen molar-refractivity contribution in [1.29, 1.82) is 0 Å².